The van der Waals surface area contributed by atoms with E-state index in [-0.39, 0.29) is 16.8 Å². The van der Waals surface area contributed by atoms with E-state index in [0.29, 0.717) is 5.69 Å². The Morgan fingerprint density at radius 1 is 1.39 bits per heavy atom. The van der Waals surface area contributed by atoms with Gasteiger partial charge in [-0.1, -0.05) is 17.7 Å². The zero-order valence-electron chi connectivity index (χ0n) is 9.54. The molecule has 1 aromatic carbocycles. The average molecular weight is 268 g/mol. The Hall–Kier alpha value is -1.92. The molecule has 4 N–H and O–H groups in total. The Morgan fingerprint density at radius 3 is 2.89 bits per heavy atom. The summed E-state index contributed by atoms with van der Waals surface area (Å²) in [6, 6.07) is 4.70. The second-order valence-electron chi connectivity index (χ2n) is 3.64. The van der Waals surface area contributed by atoms with E-state index in [1.54, 1.807) is 12.1 Å². The molecule has 0 saturated heterocycles. The van der Waals surface area contributed by atoms with Crippen molar-refractivity contribution in [3.05, 3.63) is 40.8 Å². The minimum Gasteiger partial charge on any atom is -0.336 e. The van der Waals surface area contributed by atoms with Crippen LogP contribution in [0.15, 0.2) is 24.4 Å². The Kier molecular flexibility index (Phi) is 3.59. The maximum Gasteiger partial charge on any atom is 0.239 e. The molecule has 2 rings (SSSR count). The zero-order chi connectivity index (χ0) is 13.1. The molecule has 0 aliphatic rings. The van der Waals surface area contributed by atoms with Crippen LogP contribution in [0.3, 0.4) is 0 Å². The van der Waals surface area contributed by atoms with Crippen molar-refractivity contribution in [3.8, 4) is 0 Å². The molecule has 0 bridgehead atoms. The second-order valence-corrected chi connectivity index (χ2v) is 4.05. The molecular weight excluding hydrogens is 257 g/mol. The van der Waals surface area contributed by atoms with Crippen LogP contribution in [-0.2, 0) is 0 Å². The second kappa shape index (κ2) is 5.16. The van der Waals surface area contributed by atoms with Crippen LogP contribution in [0.25, 0.3) is 0 Å². The van der Waals surface area contributed by atoms with Crippen molar-refractivity contribution in [1.82, 2.24) is 9.97 Å². The maximum absolute atomic E-state index is 13.6. The Balaban J connectivity index is 2.36. The van der Waals surface area contributed by atoms with Gasteiger partial charge in [-0.15, -0.1) is 0 Å². The normalized spacial score (nSPS) is 10.2. The van der Waals surface area contributed by atoms with E-state index in [2.05, 4.69) is 20.7 Å². The summed E-state index contributed by atoms with van der Waals surface area (Å²) < 4.78 is 13.6. The molecule has 94 valence electrons. The van der Waals surface area contributed by atoms with Gasteiger partial charge < -0.3 is 5.32 Å². The van der Waals surface area contributed by atoms with Crippen molar-refractivity contribution in [1.29, 1.82) is 0 Å². The number of nitrogens with two attached hydrogens (primary N) is 1. The molecule has 0 radical (unpaired) electrons. The molecule has 7 heteroatoms. The summed E-state index contributed by atoms with van der Waals surface area (Å²) in [5.74, 6) is 5.28. The molecule has 0 unspecified atom stereocenters. The van der Waals surface area contributed by atoms with Gasteiger partial charge in [0, 0.05) is 0 Å². The Labute approximate surface area is 108 Å². The van der Waals surface area contributed by atoms with Gasteiger partial charge in [-0.2, -0.15) is 4.98 Å². The van der Waals surface area contributed by atoms with Gasteiger partial charge in [0.25, 0.3) is 0 Å². The SMILES string of the molecule is Cc1ccc(F)c(Nc2nc(NN)ncc2Cl)c1. The van der Waals surface area contributed by atoms with Crippen molar-refractivity contribution in [2.24, 2.45) is 5.84 Å². The summed E-state index contributed by atoms with van der Waals surface area (Å²) in [6.45, 7) is 1.86. The van der Waals surface area contributed by atoms with Crippen molar-refractivity contribution < 1.29 is 4.39 Å². The highest BCUT2D eigenvalue weighted by atomic mass is 35.5. The molecule has 1 heterocycles. The summed E-state index contributed by atoms with van der Waals surface area (Å²) in [5, 5.41) is 3.08. The fourth-order valence-electron chi connectivity index (χ4n) is 1.39. The third-order valence-corrected chi connectivity index (χ3v) is 2.52. The summed E-state index contributed by atoms with van der Waals surface area (Å²) in [4.78, 5) is 7.83. The topological polar surface area (TPSA) is 75.9 Å². The minimum absolute atomic E-state index is 0.190. The summed E-state index contributed by atoms with van der Waals surface area (Å²) >= 11 is 5.92. The van der Waals surface area contributed by atoms with Crippen LogP contribution in [0.5, 0.6) is 0 Å². The van der Waals surface area contributed by atoms with Crippen molar-refractivity contribution in [2.45, 2.75) is 6.92 Å². The largest absolute Gasteiger partial charge is 0.336 e. The van der Waals surface area contributed by atoms with E-state index in [1.165, 1.54) is 12.3 Å². The molecule has 0 amide bonds. The van der Waals surface area contributed by atoms with E-state index in [1.807, 2.05) is 6.92 Å². The number of nitrogen functional groups attached to an aromatic ring is 1. The minimum atomic E-state index is -0.391. The molecule has 0 aliphatic carbocycles. The summed E-state index contributed by atoms with van der Waals surface area (Å²) in [7, 11) is 0. The lowest BCUT2D eigenvalue weighted by Gasteiger charge is -2.10. The van der Waals surface area contributed by atoms with Crippen LogP contribution in [0, 0.1) is 12.7 Å². The first-order valence-corrected chi connectivity index (χ1v) is 5.50. The molecule has 0 fully saturated rings. The smallest absolute Gasteiger partial charge is 0.239 e. The molecule has 1 aromatic heterocycles. The monoisotopic (exact) mass is 267 g/mol. The van der Waals surface area contributed by atoms with Crippen LogP contribution >= 0.6 is 11.6 Å². The van der Waals surface area contributed by atoms with Crippen LogP contribution in [0.1, 0.15) is 5.56 Å². The standard InChI is InChI=1S/C11H11ClFN5/c1-6-2-3-8(13)9(4-6)16-10-7(12)5-15-11(17-10)18-14/h2-5H,14H2,1H3,(H2,15,16,17,18). The number of hydrogen-bond donors (Lipinski definition) is 3. The predicted molar refractivity (Wildman–Crippen MR) is 69.3 cm³/mol. The van der Waals surface area contributed by atoms with Crippen molar-refractivity contribution >= 4 is 29.1 Å². The predicted octanol–water partition coefficient (Wildman–Crippen LogP) is 2.61. The third kappa shape index (κ3) is 2.66. The van der Waals surface area contributed by atoms with E-state index in [0.717, 1.165) is 5.56 Å². The van der Waals surface area contributed by atoms with Crippen LogP contribution in [0.2, 0.25) is 5.02 Å². The highest BCUT2D eigenvalue weighted by molar-refractivity contribution is 6.32. The third-order valence-electron chi connectivity index (χ3n) is 2.25. The highest BCUT2D eigenvalue weighted by Crippen LogP contribution is 2.25. The van der Waals surface area contributed by atoms with Crippen molar-refractivity contribution in [3.63, 3.8) is 0 Å². The van der Waals surface area contributed by atoms with E-state index in [9.17, 15) is 4.39 Å². The number of rotatable bonds is 3. The molecular formula is C11H11ClFN5. The number of nitrogens with one attached hydrogen (secondary N) is 2. The van der Waals surface area contributed by atoms with Gasteiger partial charge in [-0.05, 0) is 24.6 Å². The van der Waals surface area contributed by atoms with Gasteiger partial charge in [0.05, 0.1) is 11.9 Å². The Morgan fingerprint density at radius 2 is 2.17 bits per heavy atom. The number of aryl methyl sites for hydroxylation is 1. The number of nitrogens with zero attached hydrogens (tertiary/aromatic N) is 2. The summed E-state index contributed by atoms with van der Waals surface area (Å²) in [5.41, 5.74) is 3.50. The molecule has 0 spiro atoms. The van der Waals surface area contributed by atoms with E-state index >= 15 is 0 Å². The fraction of sp³-hybridized carbons (Fsp3) is 0.0909. The molecule has 0 aliphatic heterocycles. The first-order chi connectivity index (χ1) is 8.60. The molecule has 18 heavy (non-hydrogen) atoms. The van der Waals surface area contributed by atoms with E-state index in [4.69, 9.17) is 17.4 Å². The first kappa shape index (κ1) is 12.5. The van der Waals surface area contributed by atoms with Crippen LogP contribution in [-0.4, -0.2) is 9.97 Å². The first-order valence-electron chi connectivity index (χ1n) is 5.12. The number of hydrogen-bond acceptors (Lipinski definition) is 5. The lowest BCUT2D eigenvalue weighted by molar-refractivity contribution is 0.631. The number of anilines is 3. The average Bonchev–Trinajstić information content (AvgIpc) is 2.36. The summed E-state index contributed by atoms with van der Waals surface area (Å²) in [6.07, 6.45) is 1.37. The van der Waals surface area contributed by atoms with Crippen LogP contribution in [0.4, 0.5) is 21.8 Å². The molecule has 0 atom stereocenters. The molecule has 0 saturated carbocycles. The van der Waals surface area contributed by atoms with Crippen LogP contribution < -0.4 is 16.6 Å². The number of hydrazine groups is 1. The van der Waals surface area contributed by atoms with Gasteiger partial charge in [-0.25, -0.2) is 15.2 Å². The fourth-order valence-corrected chi connectivity index (χ4v) is 1.53. The number of aromatic nitrogens is 2. The lowest BCUT2D eigenvalue weighted by atomic mass is 10.2. The Bertz CT molecular complexity index is 575. The van der Waals surface area contributed by atoms with Gasteiger partial charge in [-0.3, -0.25) is 5.43 Å². The van der Waals surface area contributed by atoms with Crippen molar-refractivity contribution in [2.75, 3.05) is 10.7 Å². The van der Waals surface area contributed by atoms with Gasteiger partial charge in [0.15, 0.2) is 5.82 Å². The zero-order valence-corrected chi connectivity index (χ0v) is 10.3. The van der Waals surface area contributed by atoms with Gasteiger partial charge in [0.2, 0.25) is 5.95 Å². The highest BCUT2D eigenvalue weighted by Gasteiger charge is 2.08. The molecule has 2 aromatic rings. The quantitative estimate of drug-likeness (QED) is 0.589. The lowest BCUT2D eigenvalue weighted by Crippen LogP contribution is -2.11. The molecule has 5 nitrogen and oxygen atoms in total. The number of halogens is 2. The van der Waals surface area contributed by atoms with E-state index < -0.39 is 5.82 Å². The maximum atomic E-state index is 13.6. The van der Waals surface area contributed by atoms with Gasteiger partial charge >= 0.3 is 0 Å². The van der Waals surface area contributed by atoms with Gasteiger partial charge in [0.1, 0.15) is 10.8 Å². The number of benzene rings is 1.